The molecule has 0 aromatic rings. The maximum atomic E-state index is 12.0. The molecule has 1 aliphatic rings. The molecule has 1 aliphatic carbocycles. The van der Waals surface area contributed by atoms with Crippen LogP contribution in [0.1, 0.15) is 59.8 Å². The van der Waals surface area contributed by atoms with Crippen molar-refractivity contribution in [2.75, 3.05) is 13.1 Å². The Hall–Kier alpha value is -0.570. The highest BCUT2D eigenvalue weighted by molar-refractivity contribution is 5.76. The van der Waals surface area contributed by atoms with E-state index in [1.165, 1.54) is 25.7 Å². The molecule has 0 aromatic heterocycles. The molecule has 3 heteroatoms. The van der Waals surface area contributed by atoms with Crippen LogP contribution in [0.3, 0.4) is 0 Å². The van der Waals surface area contributed by atoms with Crippen LogP contribution in [0.2, 0.25) is 0 Å². The van der Waals surface area contributed by atoms with Crippen molar-refractivity contribution < 1.29 is 4.79 Å². The molecule has 0 bridgehead atoms. The summed E-state index contributed by atoms with van der Waals surface area (Å²) in [5.41, 5.74) is 6.02. The summed E-state index contributed by atoms with van der Waals surface area (Å²) >= 11 is 0. The highest BCUT2D eigenvalue weighted by Gasteiger charge is 2.26. The van der Waals surface area contributed by atoms with E-state index in [2.05, 4.69) is 33.0 Å². The molecular weight excluding hydrogens is 236 g/mol. The molecule has 3 N–H and O–H groups in total. The molecule has 1 rings (SSSR count). The molecule has 0 radical (unpaired) electrons. The van der Waals surface area contributed by atoms with Crippen LogP contribution in [0.25, 0.3) is 0 Å². The van der Waals surface area contributed by atoms with Gasteiger partial charge in [0, 0.05) is 13.0 Å². The number of nitrogens with one attached hydrogen (secondary N) is 1. The first-order valence-corrected chi connectivity index (χ1v) is 7.81. The fourth-order valence-electron chi connectivity index (χ4n) is 2.76. The van der Waals surface area contributed by atoms with Crippen molar-refractivity contribution in [3.63, 3.8) is 0 Å². The molecule has 0 aromatic carbocycles. The third-order valence-electron chi connectivity index (χ3n) is 4.90. The van der Waals surface area contributed by atoms with Crippen molar-refractivity contribution in [2.45, 2.75) is 59.8 Å². The Morgan fingerprint density at radius 3 is 2.37 bits per heavy atom. The van der Waals surface area contributed by atoms with E-state index in [0.717, 1.165) is 13.1 Å². The van der Waals surface area contributed by atoms with Crippen LogP contribution >= 0.6 is 0 Å². The highest BCUT2D eigenvalue weighted by Crippen LogP contribution is 2.29. The van der Waals surface area contributed by atoms with E-state index in [1.807, 2.05) is 0 Å². The van der Waals surface area contributed by atoms with Crippen LogP contribution in [-0.2, 0) is 4.79 Å². The van der Waals surface area contributed by atoms with E-state index in [-0.39, 0.29) is 11.3 Å². The van der Waals surface area contributed by atoms with Crippen molar-refractivity contribution in [3.8, 4) is 0 Å². The van der Waals surface area contributed by atoms with Gasteiger partial charge in [-0.1, -0.05) is 40.5 Å². The average Bonchev–Trinajstić information content (AvgIpc) is 2.35. The van der Waals surface area contributed by atoms with Gasteiger partial charge < -0.3 is 11.1 Å². The predicted molar refractivity (Wildman–Crippen MR) is 80.7 cm³/mol. The Kier molecular flexibility index (Phi) is 6.31. The summed E-state index contributed by atoms with van der Waals surface area (Å²) in [7, 11) is 0. The monoisotopic (exact) mass is 268 g/mol. The van der Waals surface area contributed by atoms with Gasteiger partial charge in [0.05, 0.1) is 0 Å². The van der Waals surface area contributed by atoms with Crippen molar-refractivity contribution in [1.82, 2.24) is 5.32 Å². The van der Waals surface area contributed by atoms with Gasteiger partial charge in [0.1, 0.15) is 0 Å². The molecule has 0 heterocycles. The van der Waals surface area contributed by atoms with Crippen LogP contribution in [0.15, 0.2) is 0 Å². The van der Waals surface area contributed by atoms with Gasteiger partial charge >= 0.3 is 0 Å². The van der Waals surface area contributed by atoms with Crippen LogP contribution in [0.5, 0.6) is 0 Å². The Bertz CT molecular complexity index is 283. The third-order valence-corrected chi connectivity index (χ3v) is 4.90. The summed E-state index contributed by atoms with van der Waals surface area (Å²) in [5.74, 6) is 1.80. The van der Waals surface area contributed by atoms with Gasteiger partial charge in [-0.25, -0.2) is 0 Å². The van der Waals surface area contributed by atoms with Gasteiger partial charge in [0.15, 0.2) is 0 Å². The van der Waals surface area contributed by atoms with Crippen LogP contribution in [0.4, 0.5) is 0 Å². The molecule has 1 amide bonds. The smallest absolute Gasteiger partial charge is 0.220 e. The zero-order valence-electron chi connectivity index (χ0n) is 13.2. The molecule has 1 fully saturated rings. The van der Waals surface area contributed by atoms with Gasteiger partial charge in [0.25, 0.3) is 0 Å². The number of amides is 1. The summed E-state index contributed by atoms with van der Waals surface area (Å²) in [6.45, 7) is 10.3. The third kappa shape index (κ3) is 5.52. The van der Waals surface area contributed by atoms with E-state index in [4.69, 9.17) is 5.73 Å². The molecule has 19 heavy (non-hydrogen) atoms. The van der Waals surface area contributed by atoms with E-state index < -0.39 is 0 Å². The van der Waals surface area contributed by atoms with Gasteiger partial charge in [-0.2, -0.15) is 0 Å². The van der Waals surface area contributed by atoms with Gasteiger partial charge in [-0.15, -0.1) is 0 Å². The normalized spacial score (nSPS) is 25.9. The second-order valence-electron chi connectivity index (χ2n) is 7.32. The fraction of sp³-hybridized carbons (Fsp3) is 0.938. The molecular formula is C16H32N2O. The Morgan fingerprint density at radius 2 is 1.84 bits per heavy atom. The van der Waals surface area contributed by atoms with E-state index in [9.17, 15) is 4.79 Å². The second-order valence-corrected chi connectivity index (χ2v) is 7.32. The lowest BCUT2D eigenvalue weighted by Gasteiger charge is -2.31. The summed E-state index contributed by atoms with van der Waals surface area (Å²) in [6, 6.07) is 0. The maximum Gasteiger partial charge on any atom is 0.220 e. The maximum absolute atomic E-state index is 12.0. The van der Waals surface area contributed by atoms with Gasteiger partial charge in [-0.3, -0.25) is 4.79 Å². The first-order chi connectivity index (χ1) is 8.84. The molecule has 3 nitrogen and oxygen atoms in total. The molecule has 112 valence electrons. The number of carbonyl (C=O) groups excluding carboxylic acids is 1. The summed E-state index contributed by atoms with van der Waals surface area (Å²) in [5, 5.41) is 3.13. The molecule has 3 atom stereocenters. The molecule has 3 unspecified atom stereocenters. The zero-order valence-corrected chi connectivity index (χ0v) is 13.2. The first-order valence-electron chi connectivity index (χ1n) is 7.81. The Morgan fingerprint density at radius 1 is 1.26 bits per heavy atom. The summed E-state index contributed by atoms with van der Waals surface area (Å²) in [4.78, 5) is 12.0. The Labute approximate surface area is 118 Å². The van der Waals surface area contributed by atoms with E-state index in [0.29, 0.717) is 24.2 Å². The summed E-state index contributed by atoms with van der Waals surface area (Å²) < 4.78 is 0. The molecule has 0 spiro atoms. The van der Waals surface area contributed by atoms with Crippen LogP contribution in [0, 0.1) is 23.2 Å². The van der Waals surface area contributed by atoms with E-state index in [1.54, 1.807) is 0 Å². The topological polar surface area (TPSA) is 55.1 Å². The van der Waals surface area contributed by atoms with Crippen LogP contribution in [-0.4, -0.2) is 19.0 Å². The largest absolute Gasteiger partial charge is 0.356 e. The highest BCUT2D eigenvalue weighted by atomic mass is 16.1. The second kappa shape index (κ2) is 7.28. The van der Waals surface area contributed by atoms with Crippen LogP contribution < -0.4 is 11.1 Å². The number of carbonyl (C=O) groups is 1. The lowest BCUT2D eigenvalue weighted by atomic mass is 9.78. The van der Waals surface area contributed by atoms with Crippen molar-refractivity contribution >= 4 is 5.91 Å². The predicted octanol–water partition coefficient (Wildman–Crippen LogP) is 2.94. The minimum Gasteiger partial charge on any atom is -0.356 e. The van der Waals surface area contributed by atoms with Crippen molar-refractivity contribution in [2.24, 2.45) is 28.9 Å². The number of nitrogens with two attached hydrogens (primary N) is 1. The Balaban J connectivity index is 2.33. The lowest BCUT2D eigenvalue weighted by molar-refractivity contribution is -0.123. The molecule has 1 saturated carbocycles. The quantitative estimate of drug-likeness (QED) is 0.805. The van der Waals surface area contributed by atoms with Crippen molar-refractivity contribution in [1.29, 1.82) is 0 Å². The standard InChI is InChI=1S/C16H32N2O/c1-12(16(2,3)4)9-15(19)18-11-14-8-6-5-7-13(14)10-17/h12-14H,5-11,17H2,1-4H3,(H,18,19). The van der Waals surface area contributed by atoms with E-state index >= 15 is 0 Å². The molecule has 0 aliphatic heterocycles. The molecule has 0 saturated heterocycles. The van der Waals surface area contributed by atoms with Gasteiger partial charge in [-0.05, 0) is 42.6 Å². The first kappa shape index (κ1) is 16.5. The minimum atomic E-state index is 0.196. The minimum absolute atomic E-state index is 0.196. The van der Waals surface area contributed by atoms with Crippen molar-refractivity contribution in [3.05, 3.63) is 0 Å². The summed E-state index contributed by atoms with van der Waals surface area (Å²) in [6.07, 6.45) is 5.67. The average molecular weight is 268 g/mol. The number of hydrogen-bond acceptors (Lipinski definition) is 2. The van der Waals surface area contributed by atoms with Gasteiger partial charge in [0.2, 0.25) is 5.91 Å². The lowest BCUT2D eigenvalue weighted by Crippen LogP contribution is -2.38. The zero-order chi connectivity index (χ0) is 14.5. The number of rotatable bonds is 5. The number of hydrogen-bond donors (Lipinski definition) is 2. The fourth-order valence-corrected chi connectivity index (χ4v) is 2.76. The SMILES string of the molecule is CC(CC(=O)NCC1CCCCC1CN)C(C)(C)C.